The van der Waals surface area contributed by atoms with E-state index in [1.807, 2.05) is 0 Å². The van der Waals surface area contributed by atoms with Gasteiger partial charge in [0.05, 0.1) is 5.75 Å². The van der Waals surface area contributed by atoms with Crippen LogP contribution >= 0.6 is 11.8 Å². The number of methoxy groups -OCH3 is 1. The van der Waals surface area contributed by atoms with Crippen LogP contribution in [0, 0.1) is 11.2 Å². The van der Waals surface area contributed by atoms with Crippen LogP contribution < -0.4 is 0 Å². The zero-order valence-corrected chi connectivity index (χ0v) is 6.14. The molecular weight excluding hydrogens is 152 g/mol. The van der Waals surface area contributed by atoms with Crippen LogP contribution in [0.15, 0.2) is 6.08 Å². The van der Waals surface area contributed by atoms with Gasteiger partial charge in [0.25, 0.3) is 0 Å². The van der Waals surface area contributed by atoms with Crippen molar-refractivity contribution in [2.75, 3.05) is 7.11 Å². The normalized spacial score (nSPS) is 30.9. The summed E-state index contributed by atoms with van der Waals surface area (Å²) in [7, 11) is 1.36. The fourth-order valence-corrected chi connectivity index (χ4v) is 1.33. The molecule has 2 radical (unpaired) electrons. The number of thioether (sulfide) groups is 1. The van der Waals surface area contributed by atoms with Crippen molar-refractivity contribution in [3.63, 3.8) is 0 Å². The van der Waals surface area contributed by atoms with Crippen LogP contribution in [0.25, 0.3) is 0 Å². The summed E-state index contributed by atoms with van der Waals surface area (Å²) >= 11 is 1.20. The summed E-state index contributed by atoms with van der Waals surface area (Å²) in [5.74, 6) is 0.475. The highest BCUT2D eigenvalue weighted by molar-refractivity contribution is 8.03. The van der Waals surface area contributed by atoms with Gasteiger partial charge in [-0.25, -0.2) is 4.79 Å². The first kappa shape index (κ1) is 7.63. The maximum atomic E-state index is 10.5. The Morgan fingerprint density at radius 2 is 2.60 bits per heavy atom. The van der Waals surface area contributed by atoms with Crippen molar-refractivity contribution in [1.29, 1.82) is 0 Å². The molecule has 0 spiro atoms. The minimum absolute atomic E-state index is 1.01. The molecular formula is C6H6O3S. The standard InChI is InChI=1S/C6H6O3S/c1-9-6(5(7)8)2-3-10-4-6/h2,4H,1H3,(H,7,8). The van der Waals surface area contributed by atoms with Crippen LogP contribution in [-0.2, 0) is 9.53 Å². The highest BCUT2D eigenvalue weighted by Crippen LogP contribution is 2.31. The van der Waals surface area contributed by atoms with E-state index in [0.717, 1.165) is 0 Å². The van der Waals surface area contributed by atoms with Crippen molar-refractivity contribution >= 4 is 17.7 Å². The maximum Gasteiger partial charge on any atom is 0.341 e. The Morgan fingerprint density at radius 1 is 1.90 bits per heavy atom. The summed E-state index contributed by atoms with van der Waals surface area (Å²) in [6, 6.07) is 0. The number of carbonyl (C=O) groups is 1. The zero-order chi connectivity index (χ0) is 7.61. The maximum absolute atomic E-state index is 10.5. The largest absolute Gasteiger partial charge is 0.479 e. The van der Waals surface area contributed by atoms with Gasteiger partial charge in [0.1, 0.15) is 0 Å². The smallest absolute Gasteiger partial charge is 0.341 e. The Hall–Kier alpha value is -0.480. The van der Waals surface area contributed by atoms with Gasteiger partial charge in [0, 0.05) is 12.5 Å². The molecule has 1 atom stereocenters. The van der Waals surface area contributed by atoms with E-state index in [9.17, 15) is 4.79 Å². The van der Waals surface area contributed by atoms with E-state index < -0.39 is 11.6 Å². The van der Waals surface area contributed by atoms with Crippen molar-refractivity contribution in [2.24, 2.45) is 0 Å². The molecule has 0 bridgehead atoms. The van der Waals surface area contributed by atoms with E-state index in [-0.39, 0.29) is 0 Å². The summed E-state index contributed by atoms with van der Waals surface area (Å²) in [5, 5.41) is 11.3. The van der Waals surface area contributed by atoms with Crippen LogP contribution in [0.3, 0.4) is 0 Å². The van der Waals surface area contributed by atoms with Gasteiger partial charge < -0.3 is 9.84 Å². The molecule has 1 aliphatic heterocycles. The van der Waals surface area contributed by atoms with Crippen molar-refractivity contribution in [3.8, 4) is 0 Å². The lowest BCUT2D eigenvalue weighted by Gasteiger charge is -2.17. The van der Waals surface area contributed by atoms with Gasteiger partial charge >= 0.3 is 5.97 Å². The molecule has 0 fully saturated rings. The lowest BCUT2D eigenvalue weighted by molar-refractivity contribution is -0.152. The minimum atomic E-state index is -1.25. The number of carboxylic acid groups (broad SMARTS) is 1. The Labute approximate surface area is 63.1 Å². The molecule has 0 aromatic rings. The van der Waals surface area contributed by atoms with Crippen LogP contribution in [0.5, 0.6) is 0 Å². The Morgan fingerprint density at radius 3 is 2.80 bits per heavy atom. The third kappa shape index (κ3) is 1.04. The molecule has 54 valence electrons. The van der Waals surface area contributed by atoms with E-state index in [0.29, 0.717) is 0 Å². The molecule has 10 heavy (non-hydrogen) atoms. The number of hydrogen-bond acceptors (Lipinski definition) is 3. The first-order chi connectivity index (χ1) is 4.71. The minimum Gasteiger partial charge on any atom is -0.479 e. The van der Waals surface area contributed by atoms with Gasteiger partial charge in [-0.15, -0.1) is 11.8 Å². The summed E-state index contributed by atoms with van der Waals surface area (Å²) < 4.78 is 4.77. The summed E-state index contributed by atoms with van der Waals surface area (Å²) in [5.41, 5.74) is -1.25. The van der Waals surface area contributed by atoms with Crippen LogP contribution in [0.2, 0.25) is 0 Å². The van der Waals surface area contributed by atoms with E-state index in [1.165, 1.54) is 30.7 Å². The molecule has 1 unspecified atom stereocenters. The zero-order valence-electron chi connectivity index (χ0n) is 5.33. The molecule has 4 heteroatoms. The fourth-order valence-electron chi connectivity index (χ4n) is 0.584. The molecule has 0 aromatic carbocycles. The highest BCUT2D eigenvalue weighted by atomic mass is 32.2. The molecule has 0 saturated heterocycles. The molecule has 1 N–H and O–H groups in total. The highest BCUT2D eigenvalue weighted by Gasteiger charge is 2.39. The number of hydrogen-bond donors (Lipinski definition) is 1. The Bertz CT molecular complexity index is 178. The predicted molar refractivity (Wildman–Crippen MR) is 37.1 cm³/mol. The molecule has 1 aliphatic rings. The van der Waals surface area contributed by atoms with Gasteiger partial charge in [-0.2, -0.15) is 0 Å². The van der Waals surface area contributed by atoms with Gasteiger partial charge in [-0.05, 0) is 6.08 Å². The number of ether oxygens (including phenoxy) is 1. The van der Waals surface area contributed by atoms with E-state index in [1.54, 1.807) is 0 Å². The SMILES string of the molecule is COC1(C(=O)O)[CH]S[C]=C1. The molecule has 1 rings (SSSR count). The van der Waals surface area contributed by atoms with Crippen molar-refractivity contribution in [1.82, 2.24) is 0 Å². The second-order valence-corrected chi connectivity index (χ2v) is 2.51. The summed E-state index contributed by atoms with van der Waals surface area (Å²) in [6.45, 7) is 0. The van der Waals surface area contributed by atoms with Crippen LogP contribution in [-0.4, -0.2) is 23.8 Å². The van der Waals surface area contributed by atoms with Gasteiger partial charge in [-0.3, -0.25) is 0 Å². The van der Waals surface area contributed by atoms with E-state index in [4.69, 9.17) is 9.84 Å². The summed E-state index contributed by atoms with van der Waals surface area (Å²) in [4.78, 5) is 10.5. The lowest BCUT2D eigenvalue weighted by Crippen LogP contribution is -2.36. The monoisotopic (exact) mass is 158 g/mol. The Kier molecular flexibility index (Phi) is 2.01. The van der Waals surface area contributed by atoms with Crippen LogP contribution in [0.1, 0.15) is 0 Å². The Balaban J connectivity index is 2.78. The topological polar surface area (TPSA) is 46.5 Å². The third-order valence-electron chi connectivity index (χ3n) is 1.25. The lowest BCUT2D eigenvalue weighted by atomic mass is 10.1. The average Bonchev–Trinajstić information content (AvgIpc) is 2.35. The first-order valence-electron chi connectivity index (χ1n) is 2.60. The number of aliphatic carboxylic acids is 1. The number of rotatable bonds is 2. The fraction of sp³-hybridized carbons (Fsp3) is 0.333. The summed E-state index contributed by atoms with van der Waals surface area (Å²) in [6.07, 6.45) is 1.39. The second-order valence-electron chi connectivity index (χ2n) is 1.80. The van der Waals surface area contributed by atoms with E-state index in [2.05, 4.69) is 5.41 Å². The van der Waals surface area contributed by atoms with Crippen molar-refractivity contribution in [2.45, 2.75) is 5.60 Å². The third-order valence-corrected chi connectivity index (χ3v) is 1.97. The molecule has 0 aromatic heterocycles. The van der Waals surface area contributed by atoms with Gasteiger partial charge in [0.2, 0.25) is 0 Å². The molecule has 0 aliphatic carbocycles. The van der Waals surface area contributed by atoms with E-state index >= 15 is 0 Å². The first-order valence-corrected chi connectivity index (χ1v) is 3.48. The van der Waals surface area contributed by atoms with Crippen molar-refractivity contribution < 1.29 is 14.6 Å². The molecule has 3 nitrogen and oxygen atoms in total. The average molecular weight is 158 g/mol. The van der Waals surface area contributed by atoms with Gasteiger partial charge in [0.15, 0.2) is 5.60 Å². The second kappa shape index (κ2) is 2.64. The van der Waals surface area contributed by atoms with Crippen LogP contribution in [0.4, 0.5) is 0 Å². The predicted octanol–water partition coefficient (Wildman–Crippen LogP) is 0.682. The molecule has 0 amide bonds. The van der Waals surface area contributed by atoms with Gasteiger partial charge in [-0.1, -0.05) is 0 Å². The quantitative estimate of drug-likeness (QED) is 0.642. The molecule has 1 heterocycles. The van der Waals surface area contributed by atoms with Crippen molar-refractivity contribution in [3.05, 3.63) is 17.2 Å². The number of carboxylic acids is 1. The molecule has 0 saturated carbocycles.